The lowest BCUT2D eigenvalue weighted by molar-refractivity contribution is -0.649. The van der Waals surface area contributed by atoms with Crippen LogP contribution in [0.1, 0.15) is 27.8 Å². The third kappa shape index (κ3) is 3.36. The van der Waals surface area contributed by atoms with Gasteiger partial charge in [0.05, 0.1) is 23.3 Å². The first-order valence-corrected chi connectivity index (χ1v) is 12.4. The van der Waals surface area contributed by atoms with E-state index in [1.165, 1.54) is 16.7 Å². The number of furan rings is 1. The molecule has 0 spiro atoms. The standard InChI is InChI=1S/C32H30N3O/c1-19-15-20(2)17-24(16-19)31-33-35(32(34(31)6)25-12-8-7-11-21(25)3)29-22(4)18-27-26-13-9-10-14-28(26)36-30(27)23(29)5/h7-18H,1-6H3/q+1. The van der Waals surface area contributed by atoms with E-state index in [0.717, 1.165) is 61.5 Å². The van der Waals surface area contributed by atoms with Gasteiger partial charge in [-0.25, -0.2) is 4.57 Å². The second-order valence-electron chi connectivity index (χ2n) is 9.95. The Labute approximate surface area is 211 Å². The highest BCUT2D eigenvalue weighted by Gasteiger charge is 2.31. The first-order chi connectivity index (χ1) is 17.3. The van der Waals surface area contributed by atoms with Gasteiger partial charge in [-0.15, -0.1) is 0 Å². The van der Waals surface area contributed by atoms with Gasteiger partial charge in [0.2, 0.25) is 0 Å². The number of fused-ring (bicyclic) bond motifs is 3. The number of para-hydroxylation sites is 1. The third-order valence-electron chi connectivity index (χ3n) is 7.17. The summed E-state index contributed by atoms with van der Waals surface area (Å²) in [6, 6.07) is 25.6. The van der Waals surface area contributed by atoms with Crippen LogP contribution in [0.3, 0.4) is 0 Å². The fourth-order valence-corrected chi connectivity index (χ4v) is 5.58. The van der Waals surface area contributed by atoms with Gasteiger partial charge in [-0.2, -0.15) is 0 Å². The Balaban J connectivity index is 1.71. The molecule has 0 radical (unpaired) electrons. The zero-order chi connectivity index (χ0) is 25.1. The van der Waals surface area contributed by atoms with Gasteiger partial charge < -0.3 is 4.42 Å². The molecule has 0 aliphatic rings. The first-order valence-electron chi connectivity index (χ1n) is 12.4. The molecule has 0 saturated heterocycles. The second-order valence-corrected chi connectivity index (χ2v) is 9.95. The lowest BCUT2D eigenvalue weighted by atomic mass is 10.0. The smallest absolute Gasteiger partial charge is 0.309 e. The third-order valence-corrected chi connectivity index (χ3v) is 7.17. The summed E-state index contributed by atoms with van der Waals surface area (Å²) in [6.45, 7) is 10.8. The molecule has 178 valence electrons. The van der Waals surface area contributed by atoms with E-state index >= 15 is 0 Å². The van der Waals surface area contributed by atoms with Gasteiger partial charge in [-0.1, -0.05) is 58.3 Å². The highest BCUT2D eigenvalue weighted by atomic mass is 16.3. The molecule has 4 heteroatoms. The van der Waals surface area contributed by atoms with Gasteiger partial charge in [-0.05, 0) is 76.1 Å². The summed E-state index contributed by atoms with van der Waals surface area (Å²) in [5.41, 5.74) is 11.1. The molecule has 0 saturated carbocycles. The second kappa shape index (κ2) is 8.20. The Morgan fingerprint density at radius 3 is 2.19 bits per heavy atom. The van der Waals surface area contributed by atoms with Crippen LogP contribution in [0.25, 0.3) is 50.4 Å². The van der Waals surface area contributed by atoms with Gasteiger partial charge in [-0.3, -0.25) is 0 Å². The number of hydrogen-bond acceptors (Lipinski definition) is 2. The normalized spacial score (nSPS) is 11.6. The maximum absolute atomic E-state index is 6.37. The molecule has 0 bridgehead atoms. The van der Waals surface area contributed by atoms with Crippen molar-refractivity contribution in [2.45, 2.75) is 34.6 Å². The van der Waals surface area contributed by atoms with E-state index in [2.05, 4.69) is 112 Å². The fourth-order valence-electron chi connectivity index (χ4n) is 5.58. The van der Waals surface area contributed by atoms with Crippen LogP contribution in [-0.4, -0.2) is 9.78 Å². The predicted molar refractivity (Wildman–Crippen MR) is 147 cm³/mol. The van der Waals surface area contributed by atoms with Crippen LogP contribution in [0.15, 0.2) is 77.2 Å². The minimum atomic E-state index is 0.910. The maximum atomic E-state index is 6.37. The lowest BCUT2D eigenvalue weighted by Crippen LogP contribution is -2.32. The van der Waals surface area contributed by atoms with Gasteiger partial charge >= 0.3 is 5.82 Å². The molecule has 0 aliphatic heterocycles. The number of aromatic nitrogens is 3. The maximum Gasteiger partial charge on any atom is 0.309 e. The largest absolute Gasteiger partial charge is 0.456 e. The molecule has 6 rings (SSSR count). The van der Waals surface area contributed by atoms with Crippen molar-refractivity contribution in [2.24, 2.45) is 7.05 Å². The molecule has 6 aromatic rings. The van der Waals surface area contributed by atoms with E-state index in [1.807, 2.05) is 12.1 Å². The predicted octanol–water partition coefficient (Wildman–Crippen LogP) is 7.47. The summed E-state index contributed by atoms with van der Waals surface area (Å²) in [7, 11) is 2.11. The average Bonchev–Trinajstić information content (AvgIpc) is 3.37. The molecule has 0 unspecified atom stereocenters. The Bertz CT molecular complexity index is 1780. The molecule has 0 aliphatic carbocycles. The van der Waals surface area contributed by atoms with Crippen molar-refractivity contribution in [1.29, 1.82) is 0 Å². The molecular weight excluding hydrogens is 442 g/mol. The van der Waals surface area contributed by atoms with Gasteiger partial charge in [0, 0.05) is 16.3 Å². The molecule has 2 heterocycles. The van der Waals surface area contributed by atoms with Crippen molar-refractivity contribution in [1.82, 2.24) is 9.78 Å². The Morgan fingerprint density at radius 1 is 0.750 bits per heavy atom. The highest BCUT2D eigenvalue weighted by molar-refractivity contribution is 6.07. The monoisotopic (exact) mass is 472 g/mol. The molecule has 0 fully saturated rings. The lowest BCUT2D eigenvalue weighted by Gasteiger charge is -2.09. The van der Waals surface area contributed by atoms with Gasteiger partial charge in [0.1, 0.15) is 11.2 Å². The van der Waals surface area contributed by atoms with Crippen LogP contribution in [-0.2, 0) is 7.05 Å². The Kier molecular flexibility index (Phi) is 5.08. The summed E-state index contributed by atoms with van der Waals surface area (Å²) in [5, 5.41) is 7.56. The minimum Gasteiger partial charge on any atom is -0.456 e. The van der Waals surface area contributed by atoms with E-state index in [1.54, 1.807) is 0 Å². The number of nitrogens with zero attached hydrogens (tertiary/aromatic N) is 3. The summed E-state index contributed by atoms with van der Waals surface area (Å²) < 4.78 is 10.7. The number of hydrogen-bond donors (Lipinski definition) is 0. The van der Waals surface area contributed by atoms with Crippen LogP contribution < -0.4 is 4.57 Å². The van der Waals surface area contributed by atoms with Crippen molar-refractivity contribution in [3.8, 4) is 28.5 Å². The van der Waals surface area contributed by atoms with E-state index < -0.39 is 0 Å². The number of benzene rings is 4. The zero-order valence-corrected chi connectivity index (χ0v) is 21.7. The van der Waals surface area contributed by atoms with Crippen LogP contribution >= 0.6 is 0 Å². The fraction of sp³-hybridized carbons (Fsp3) is 0.188. The molecular formula is C32H30N3O+. The summed E-state index contributed by atoms with van der Waals surface area (Å²) in [5.74, 6) is 1.98. The number of rotatable bonds is 3. The van der Waals surface area contributed by atoms with Crippen molar-refractivity contribution >= 4 is 21.9 Å². The quantitative estimate of drug-likeness (QED) is 0.250. The number of aryl methyl sites for hydroxylation is 5. The van der Waals surface area contributed by atoms with Crippen LogP contribution in [0.5, 0.6) is 0 Å². The SMILES string of the molecule is Cc1cc(C)cc(-c2nn(-c3c(C)cc4c(oc5ccccc54)c3C)c(-c3ccccc3C)[n+]2C)c1. The van der Waals surface area contributed by atoms with Crippen LogP contribution in [0.2, 0.25) is 0 Å². The summed E-state index contributed by atoms with van der Waals surface area (Å²) in [6.07, 6.45) is 0. The molecule has 4 nitrogen and oxygen atoms in total. The van der Waals surface area contributed by atoms with E-state index in [9.17, 15) is 0 Å². The van der Waals surface area contributed by atoms with E-state index in [-0.39, 0.29) is 0 Å². The highest BCUT2D eigenvalue weighted by Crippen LogP contribution is 2.37. The Morgan fingerprint density at radius 2 is 1.44 bits per heavy atom. The molecule has 2 aromatic heterocycles. The van der Waals surface area contributed by atoms with Crippen molar-refractivity contribution < 1.29 is 8.98 Å². The van der Waals surface area contributed by atoms with Gasteiger partial charge in [0.15, 0.2) is 5.69 Å². The zero-order valence-electron chi connectivity index (χ0n) is 21.7. The van der Waals surface area contributed by atoms with Crippen LogP contribution in [0, 0.1) is 34.6 Å². The van der Waals surface area contributed by atoms with E-state index in [0.29, 0.717) is 0 Å². The average molecular weight is 473 g/mol. The van der Waals surface area contributed by atoms with E-state index in [4.69, 9.17) is 9.52 Å². The first kappa shape index (κ1) is 22.3. The molecule has 0 N–H and O–H groups in total. The summed E-state index contributed by atoms with van der Waals surface area (Å²) >= 11 is 0. The molecule has 36 heavy (non-hydrogen) atoms. The van der Waals surface area contributed by atoms with Crippen LogP contribution in [0.4, 0.5) is 0 Å². The van der Waals surface area contributed by atoms with Crippen molar-refractivity contribution in [2.75, 3.05) is 0 Å². The molecule has 0 atom stereocenters. The molecule has 0 amide bonds. The topological polar surface area (TPSA) is 34.8 Å². The molecule has 4 aromatic carbocycles. The Hall–Kier alpha value is -4.18. The summed E-state index contributed by atoms with van der Waals surface area (Å²) in [4.78, 5) is 0. The van der Waals surface area contributed by atoms with Gasteiger partial charge in [0.25, 0.3) is 5.82 Å². The minimum absolute atomic E-state index is 0.910. The van der Waals surface area contributed by atoms with Crippen molar-refractivity contribution in [3.63, 3.8) is 0 Å². The van der Waals surface area contributed by atoms with Crippen molar-refractivity contribution in [3.05, 3.63) is 101 Å².